The number of carboxylic acid groups (broad SMARTS) is 1. The summed E-state index contributed by atoms with van der Waals surface area (Å²) in [4.78, 5) is 24.4. The smallest absolute Gasteiger partial charge is 0.315 e. The largest absolute Gasteiger partial charge is 0.490 e. The Morgan fingerprint density at radius 2 is 1.64 bits per heavy atom. The zero-order chi connectivity index (χ0) is 30.3. The van der Waals surface area contributed by atoms with E-state index in [9.17, 15) is 22.8 Å². The van der Waals surface area contributed by atoms with Crippen LogP contribution in [0, 0.1) is 11.6 Å². The number of hydrogen-bond acceptors (Lipinski definition) is 3. The lowest BCUT2D eigenvalue weighted by molar-refractivity contribution is -0.137. The van der Waals surface area contributed by atoms with Gasteiger partial charge in [-0.15, -0.1) is 0 Å². The minimum absolute atomic E-state index is 0.00813. The second-order valence-electron chi connectivity index (χ2n) is 10.8. The summed E-state index contributed by atoms with van der Waals surface area (Å²) < 4.78 is 64.5. The lowest BCUT2D eigenvalue weighted by Crippen LogP contribution is -2.53. The lowest BCUT2D eigenvalue weighted by Gasteiger charge is -2.37. The van der Waals surface area contributed by atoms with Crippen LogP contribution in [0.5, 0.6) is 5.75 Å². The molecule has 0 saturated heterocycles. The summed E-state index contributed by atoms with van der Waals surface area (Å²) in [6.07, 6.45) is 3.44. The maximum absolute atomic E-state index is 15.0. The standard InChI is InChI=1S/C32H34F4N2O4/c1-31(35,36)23-16-24(18-25(33)17-23)32(20-21-8-3-2-4-9-21,38-30(41)37-26-10-5-6-11-26)22-13-14-27(34)28(19-22)42-15-7-12-29(39)40/h2-4,8-9,13-14,16-19,26H,5-7,10-12,15,20H2,1H3,(H,39,40)(H2,37,38,41)/t32-/m1/s1. The van der Waals surface area contributed by atoms with Crippen LogP contribution in [0.3, 0.4) is 0 Å². The molecule has 0 spiro atoms. The number of ether oxygens (including phenoxy) is 1. The summed E-state index contributed by atoms with van der Waals surface area (Å²) in [5.74, 6) is -6.29. The number of benzene rings is 3. The van der Waals surface area contributed by atoms with Crippen LogP contribution in [0.1, 0.15) is 67.7 Å². The van der Waals surface area contributed by atoms with E-state index in [4.69, 9.17) is 9.84 Å². The summed E-state index contributed by atoms with van der Waals surface area (Å²) >= 11 is 0. The number of alkyl halides is 2. The van der Waals surface area contributed by atoms with Crippen molar-refractivity contribution in [1.29, 1.82) is 0 Å². The van der Waals surface area contributed by atoms with E-state index in [1.165, 1.54) is 12.1 Å². The Hall–Kier alpha value is -4.08. The molecule has 1 fully saturated rings. The molecular weight excluding hydrogens is 552 g/mol. The quantitative estimate of drug-likeness (QED) is 0.157. The van der Waals surface area contributed by atoms with Crippen molar-refractivity contribution in [2.45, 2.75) is 69.4 Å². The number of aliphatic carboxylic acids is 1. The average Bonchev–Trinajstić information content (AvgIpc) is 3.44. The van der Waals surface area contributed by atoms with E-state index in [0.29, 0.717) is 12.5 Å². The van der Waals surface area contributed by atoms with Gasteiger partial charge in [-0.05, 0) is 66.3 Å². The first-order valence-corrected chi connectivity index (χ1v) is 13.9. The van der Waals surface area contributed by atoms with Crippen LogP contribution in [0.15, 0.2) is 66.7 Å². The monoisotopic (exact) mass is 586 g/mol. The van der Waals surface area contributed by atoms with Gasteiger partial charge in [0.1, 0.15) is 5.82 Å². The molecule has 4 rings (SSSR count). The van der Waals surface area contributed by atoms with Crippen LogP contribution >= 0.6 is 0 Å². The normalized spacial score (nSPS) is 15.2. The van der Waals surface area contributed by atoms with Gasteiger partial charge in [0.25, 0.3) is 5.92 Å². The van der Waals surface area contributed by atoms with Crippen LogP contribution < -0.4 is 15.4 Å². The Bertz CT molecular complexity index is 1390. The van der Waals surface area contributed by atoms with Crippen LogP contribution in [0.2, 0.25) is 0 Å². The van der Waals surface area contributed by atoms with Crippen molar-refractivity contribution in [3.8, 4) is 5.75 Å². The number of halogens is 4. The summed E-state index contributed by atoms with van der Waals surface area (Å²) in [6.45, 7) is 0.561. The van der Waals surface area contributed by atoms with Crippen molar-refractivity contribution in [3.63, 3.8) is 0 Å². The summed E-state index contributed by atoms with van der Waals surface area (Å²) in [5.41, 5.74) is -1.23. The van der Waals surface area contributed by atoms with Crippen LogP contribution in [0.4, 0.5) is 22.4 Å². The second-order valence-corrected chi connectivity index (χ2v) is 10.8. The summed E-state index contributed by atoms with van der Waals surface area (Å²) in [6, 6.07) is 15.1. The minimum atomic E-state index is -3.39. The third-order valence-electron chi connectivity index (χ3n) is 7.44. The molecule has 6 nitrogen and oxygen atoms in total. The maximum Gasteiger partial charge on any atom is 0.315 e. The van der Waals surface area contributed by atoms with Gasteiger partial charge < -0.3 is 20.5 Å². The van der Waals surface area contributed by atoms with Crippen LogP contribution in [-0.2, 0) is 22.7 Å². The van der Waals surface area contributed by atoms with Crippen molar-refractivity contribution in [2.24, 2.45) is 0 Å². The molecule has 0 radical (unpaired) electrons. The van der Waals surface area contributed by atoms with E-state index in [1.54, 1.807) is 30.3 Å². The number of urea groups is 1. The Morgan fingerprint density at radius 3 is 2.31 bits per heavy atom. The molecule has 0 heterocycles. The Labute approximate surface area is 242 Å². The van der Waals surface area contributed by atoms with Gasteiger partial charge in [-0.25, -0.2) is 22.4 Å². The molecule has 224 valence electrons. The van der Waals surface area contributed by atoms with Crippen LogP contribution in [0.25, 0.3) is 0 Å². The number of carboxylic acids is 1. The molecule has 42 heavy (non-hydrogen) atoms. The van der Waals surface area contributed by atoms with Crippen molar-refractivity contribution >= 4 is 12.0 Å². The van der Waals surface area contributed by atoms with Gasteiger partial charge in [-0.1, -0.05) is 49.2 Å². The number of carbonyl (C=O) groups excluding carboxylic acids is 1. The van der Waals surface area contributed by atoms with E-state index >= 15 is 4.39 Å². The molecule has 0 aromatic heterocycles. The van der Waals surface area contributed by atoms with E-state index < -0.39 is 40.7 Å². The topological polar surface area (TPSA) is 87.7 Å². The Morgan fingerprint density at radius 1 is 0.952 bits per heavy atom. The molecule has 1 aliphatic rings. The summed E-state index contributed by atoms with van der Waals surface area (Å²) in [5, 5.41) is 14.8. The van der Waals surface area contributed by atoms with Crippen molar-refractivity contribution in [3.05, 3.63) is 101 Å². The molecular formula is C32H34F4N2O4. The molecule has 0 bridgehead atoms. The van der Waals surface area contributed by atoms with Crippen molar-refractivity contribution in [1.82, 2.24) is 10.6 Å². The zero-order valence-corrected chi connectivity index (χ0v) is 23.3. The minimum Gasteiger partial charge on any atom is -0.490 e. The number of hydrogen-bond donors (Lipinski definition) is 3. The molecule has 10 heteroatoms. The number of rotatable bonds is 12. The van der Waals surface area contributed by atoms with Gasteiger partial charge in [0, 0.05) is 31.4 Å². The fourth-order valence-electron chi connectivity index (χ4n) is 5.32. The van der Waals surface area contributed by atoms with E-state index in [2.05, 4.69) is 10.6 Å². The first-order valence-electron chi connectivity index (χ1n) is 13.9. The van der Waals surface area contributed by atoms with Gasteiger partial charge >= 0.3 is 12.0 Å². The molecule has 2 amide bonds. The third-order valence-corrected chi connectivity index (χ3v) is 7.44. The molecule has 1 saturated carbocycles. The predicted molar refractivity (Wildman–Crippen MR) is 150 cm³/mol. The molecule has 0 unspecified atom stereocenters. The lowest BCUT2D eigenvalue weighted by atomic mass is 9.77. The highest BCUT2D eigenvalue weighted by Crippen LogP contribution is 2.39. The van der Waals surface area contributed by atoms with Gasteiger partial charge in [0.15, 0.2) is 11.6 Å². The number of nitrogens with one attached hydrogen (secondary N) is 2. The number of amides is 2. The van der Waals surface area contributed by atoms with Crippen LogP contribution in [-0.4, -0.2) is 29.8 Å². The molecule has 3 N–H and O–H groups in total. The van der Waals surface area contributed by atoms with Crippen molar-refractivity contribution < 1.29 is 37.0 Å². The first-order chi connectivity index (χ1) is 20.0. The highest BCUT2D eigenvalue weighted by atomic mass is 19.3. The Balaban J connectivity index is 1.87. The molecule has 1 atom stereocenters. The molecule has 3 aromatic carbocycles. The third kappa shape index (κ3) is 7.80. The zero-order valence-electron chi connectivity index (χ0n) is 23.3. The SMILES string of the molecule is CC(F)(F)c1cc(F)cc([C@](Cc2ccccc2)(NC(=O)NC2CCCC2)c2ccc(F)c(OCCCC(=O)O)c2)c1. The average molecular weight is 587 g/mol. The highest BCUT2D eigenvalue weighted by molar-refractivity contribution is 5.76. The van der Waals surface area contributed by atoms with E-state index in [-0.39, 0.29) is 48.8 Å². The fourth-order valence-corrected chi connectivity index (χ4v) is 5.32. The Kier molecular flexibility index (Phi) is 9.75. The summed E-state index contributed by atoms with van der Waals surface area (Å²) in [7, 11) is 0. The van der Waals surface area contributed by atoms with E-state index in [1.807, 2.05) is 0 Å². The number of carbonyl (C=O) groups is 2. The maximum atomic E-state index is 15.0. The molecule has 1 aliphatic carbocycles. The first kappa shape index (κ1) is 30.9. The van der Waals surface area contributed by atoms with E-state index in [0.717, 1.165) is 49.9 Å². The van der Waals surface area contributed by atoms with Crippen molar-refractivity contribution in [2.75, 3.05) is 6.61 Å². The van der Waals surface area contributed by atoms with Gasteiger partial charge in [-0.3, -0.25) is 4.79 Å². The predicted octanol–water partition coefficient (Wildman–Crippen LogP) is 7.05. The van der Waals surface area contributed by atoms with Gasteiger partial charge in [0.05, 0.1) is 12.1 Å². The highest BCUT2D eigenvalue weighted by Gasteiger charge is 2.40. The van der Waals surface area contributed by atoms with Gasteiger partial charge in [-0.2, -0.15) is 0 Å². The fraction of sp³-hybridized carbons (Fsp3) is 0.375. The molecule has 3 aromatic rings. The van der Waals surface area contributed by atoms with Gasteiger partial charge in [0.2, 0.25) is 0 Å². The second kappa shape index (κ2) is 13.3. The molecule has 0 aliphatic heterocycles.